The van der Waals surface area contributed by atoms with Crippen molar-refractivity contribution in [3.8, 4) is 11.3 Å². The third-order valence-electron chi connectivity index (χ3n) is 3.78. The number of amides is 1. The van der Waals surface area contributed by atoms with Crippen LogP contribution >= 0.6 is 0 Å². The van der Waals surface area contributed by atoms with Crippen LogP contribution in [0.5, 0.6) is 0 Å². The number of imidazole rings is 1. The van der Waals surface area contributed by atoms with Gasteiger partial charge in [0.05, 0.1) is 5.69 Å². The molecule has 0 saturated carbocycles. The Hall–Kier alpha value is -3.54. The SMILES string of the molecule is O=C(Nc1ccc(-c2cn3cccnc3n2)cc1)c1ccc(F)cc1. The van der Waals surface area contributed by atoms with Gasteiger partial charge in [0.25, 0.3) is 5.91 Å². The first-order chi connectivity index (χ1) is 12.2. The van der Waals surface area contributed by atoms with Crippen LogP contribution in [0.3, 0.4) is 0 Å². The maximum absolute atomic E-state index is 12.9. The van der Waals surface area contributed by atoms with Gasteiger partial charge < -0.3 is 5.32 Å². The second-order valence-corrected chi connectivity index (χ2v) is 5.49. The molecule has 2 aromatic heterocycles. The Morgan fingerprint density at radius 2 is 1.80 bits per heavy atom. The average molecular weight is 332 g/mol. The summed E-state index contributed by atoms with van der Waals surface area (Å²) in [4.78, 5) is 20.8. The Balaban J connectivity index is 1.53. The van der Waals surface area contributed by atoms with Crippen molar-refractivity contribution in [2.45, 2.75) is 0 Å². The molecule has 6 heteroatoms. The van der Waals surface area contributed by atoms with E-state index in [1.807, 2.05) is 35.0 Å². The lowest BCUT2D eigenvalue weighted by atomic mass is 10.1. The summed E-state index contributed by atoms with van der Waals surface area (Å²) in [6.45, 7) is 0. The molecule has 0 radical (unpaired) electrons. The molecule has 122 valence electrons. The van der Waals surface area contributed by atoms with Crippen LogP contribution in [-0.4, -0.2) is 20.3 Å². The Morgan fingerprint density at radius 3 is 2.52 bits per heavy atom. The van der Waals surface area contributed by atoms with E-state index in [0.717, 1.165) is 11.3 Å². The van der Waals surface area contributed by atoms with E-state index in [9.17, 15) is 9.18 Å². The first kappa shape index (κ1) is 15.0. The van der Waals surface area contributed by atoms with Gasteiger partial charge >= 0.3 is 0 Å². The zero-order valence-electron chi connectivity index (χ0n) is 13.1. The number of rotatable bonds is 3. The molecule has 0 aliphatic heterocycles. The number of nitrogens with one attached hydrogen (secondary N) is 1. The van der Waals surface area contributed by atoms with Gasteiger partial charge in [0, 0.05) is 35.4 Å². The van der Waals surface area contributed by atoms with Crippen LogP contribution in [0.15, 0.2) is 73.2 Å². The molecule has 2 aromatic carbocycles. The highest BCUT2D eigenvalue weighted by molar-refractivity contribution is 6.04. The van der Waals surface area contributed by atoms with E-state index < -0.39 is 0 Å². The lowest BCUT2D eigenvalue weighted by Gasteiger charge is -2.06. The second-order valence-electron chi connectivity index (χ2n) is 5.49. The zero-order chi connectivity index (χ0) is 17.2. The van der Waals surface area contributed by atoms with Gasteiger partial charge in [-0.05, 0) is 42.5 Å². The molecule has 2 heterocycles. The summed E-state index contributed by atoms with van der Waals surface area (Å²) in [6.07, 6.45) is 5.48. The second kappa shape index (κ2) is 6.16. The van der Waals surface area contributed by atoms with E-state index in [4.69, 9.17) is 0 Å². The maximum Gasteiger partial charge on any atom is 0.255 e. The molecule has 25 heavy (non-hydrogen) atoms. The molecule has 0 atom stereocenters. The van der Waals surface area contributed by atoms with E-state index in [1.54, 1.807) is 18.3 Å². The number of fused-ring (bicyclic) bond motifs is 1. The fraction of sp³-hybridized carbons (Fsp3) is 0. The molecule has 0 fully saturated rings. The number of benzene rings is 2. The Kier molecular flexibility index (Phi) is 3.70. The monoisotopic (exact) mass is 332 g/mol. The minimum atomic E-state index is -0.372. The summed E-state index contributed by atoms with van der Waals surface area (Å²) in [7, 11) is 0. The molecule has 0 saturated heterocycles. The Bertz CT molecular complexity index is 1010. The predicted octanol–water partition coefficient (Wildman–Crippen LogP) is 3.79. The van der Waals surface area contributed by atoms with E-state index in [-0.39, 0.29) is 11.7 Å². The van der Waals surface area contributed by atoms with Crippen molar-refractivity contribution in [1.82, 2.24) is 14.4 Å². The van der Waals surface area contributed by atoms with Crippen LogP contribution in [0.25, 0.3) is 17.0 Å². The van der Waals surface area contributed by atoms with Gasteiger partial charge in [0.2, 0.25) is 5.78 Å². The van der Waals surface area contributed by atoms with E-state index in [2.05, 4.69) is 15.3 Å². The van der Waals surface area contributed by atoms with E-state index in [1.165, 1.54) is 24.3 Å². The van der Waals surface area contributed by atoms with Crippen LogP contribution < -0.4 is 5.32 Å². The third-order valence-corrected chi connectivity index (χ3v) is 3.78. The smallest absolute Gasteiger partial charge is 0.255 e. The van der Waals surface area contributed by atoms with Crippen molar-refractivity contribution < 1.29 is 9.18 Å². The fourth-order valence-electron chi connectivity index (χ4n) is 2.50. The molecule has 1 amide bonds. The van der Waals surface area contributed by atoms with Gasteiger partial charge in [0.15, 0.2) is 0 Å². The van der Waals surface area contributed by atoms with Crippen LogP contribution in [0.2, 0.25) is 0 Å². The summed E-state index contributed by atoms with van der Waals surface area (Å²) >= 11 is 0. The summed E-state index contributed by atoms with van der Waals surface area (Å²) in [5.74, 6) is -0.0290. The lowest BCUT2D eigenvalue weighted by Crippen LogP contribution is -2.11. The van der Waals surface area contributed by atoms with Gasteiger partial charge in [-0.3, -0.25) is 9.20 Å². The molecule has 0 spiro atoms. The highest BCUT2D eigenvalue weighted by Crippen LogP contribution is 2.21. The molecule has 4 aromatic rings. The summed E-state index contributed by atoms with van der Waals surface area (Å²) in [5, 5.41) is 2.78. The summed E-state index contributed by atoms with van der Waals surface area (Å²) in [6, 6.07) is 14.6. The normalized spacial score (nSPS) is 10.8. The Labute approximate surface area is 142 Å². The summed E-state index contributed by atoms with van der Waals surface area (Å²) in [5.41, 5.74) is 2.78. The molecular weight excluding hydrogens is 319 g/mol. The molecule has 4 rings (SSSR count). The van der Waals surface area contributed by atoms with Crippen molar-refractivity contribution in [3.05, 3.63) is 84.6 Å². The van der Waals surface area contributed by atoms with Gasteiger partial charge in [-0.1, -0.05) is 12.1 Å². The summed E-state index contributed by atoms with van der Waals surface area (Å²) < 4.78 is 14.8. The average Bonchev–Trinajstić information content (AvgIpc) is 3.07. The molecule has 1 N–H and O–H groups in total. The van der Waals surface area contributed by atoms with Crippen molar-refractivity contribution in [3.63, 3.8) is 0 Å². The first-order valence-electron chi connectivity index (χ1n) is 7.66. The van der Waals surface area contributed by atoms with Crippen molar-refractivity contribution in [2.24, 2.45) is 0 Å². The standard InChI is InChI=1S/C19H13FN4O/c20-15-6-2-14(3-7-15)18(25)22-16-8-4-13(5-9-16)17-12-24-11-1-10-21-19(24)23-17/h1-12H,(H,22,25). The number of nitrogens with zero attached hydrogens (tertiary/aromatic N) is 3. The largest absolute Gasteiger partial charge is 0.322 e. The quantitative estimate of drug-likeness (QED) is 0.621. The number of halogens is 1. The molecule has 0 aliphatic carbocycles. The minimum Gasteiger partial charge on any atom is -0.322 e. The van der Waals surface area contributed by atoms with Crippen molar-refractivity contribution in [1.29, 1.82) is 0 Å². The van der Waals surface area contributed by atoms with Crippen molar-refractivity contribution in [2.75, 3.05) is 5.32 Å². The number of carbonyl (C=O) groups is 1. The number of aromatic nitrogens is 3. The highest BCUT2D eigenvalue weighted by atomic mass is 19.1. The minimum absolute atomic E-state index is 0.287. The van der Waals surface area contributed by atoms with Crippen LogP contribution in [0.4, 0.5) is 10.1 Å². The third kappa shape index (κ3) is 3.10. The van der Waals surface area contributed by atoms with Crippen LogP contribution in [0, 0.1) is 5.82 Å². The number of hydrogen-bond donors (Lipinski definition) is 1. The maximum atomic E-state index is 12.9. The highest BCUT2D eigenvalue weighted by Gasteiger charge is 2.08. The van der Waals surface area contributed by atoms with Crippen molar-refractivity contribution >= 4 is 17.4 Å². The van der Waals surface area contributed by atoms with E-state index in [0.29, 0.717) is 17.0 Å². The topological polar surface area (TPSA) is 59.3 Å². The predicted molar refractivity (Wildman–Crippen MR) is 92.8 cm³/mol. The number of carbonyl (C=O) groups excluding carboxylic acids is 1. The first-order valence-corrected chi connectivity index (χ1v) is 7.66. The molecule has 5 nitrogen and oxygen atoms in total. The van der Waals surface area contributed by atoms with Gasteiger partial charge in [-0.15, -0.1) is 0 Å². The van der Waals surface area contributed by atoms with E-state index >= 15 is 0 Å². The van der Waals surface area contributed by atoms with Crippen LogP contribution in [0.1, 0.15) is 10.4 Å². The van der Waals surface area contributed by atoms with Gasteiger partial charge in [-0.25, -0.2) is 14.4 Å². The number of anilines is 1. The zero-order valence-corrected chi connectivity index (χ0v) is 13.1. The lowest BCUT2D eigenvalue weighted by molar-refractivity contribution is 0.102. The molecule has 0 unspecified atom stereocenters. The van der Waals surface area contributed by atoms with Crippen LogP contribution in [-0.2, 0) is 0 Å². The number of hydrogen-bond acceptors (Lipinski definition) is 3. The fourth-order valence-corrected chi connectivity index (χ4v) is 2.50. The van der Waals surface area contributed by atoms with Gasteiger partial charge in [0.1, 0.15) is 5.82 Å². The van der Waals surface area contributed by atoms with Gasteiger partial charge in [-0.2, -0.15) is 0 Å². The molecular formula is C19H13FN4O. The molecule has 0 aliphatic rings. The Morgan fingerprint density at radius 1 is 1.04 bits per heavy atom. The molecule has 0 bridgehead atoms.